The van der Waals surface area contributed by atoms with Gasteiger partial charge in [-0.2, -0.15) is 0 Å². The number of hydrogen-bond acceptors (Lipinski definition) is 3. The van der Waals surface area contributed by atoms with Crippen molar-refractivity contribution in [2.75, 3.05) is 6.54 Å². The molecule has 0 saturated carbocycles. The summed E-state index contributed by atoms with van der Waals surface area (Å²) >= 11 is 0. The molecule has 0 saturated heterocycles. The van der Waals surface area contributed by atoms with Crippen LogP contribution in [0.1, 0.15) is 18.4 Å². The third kappa shape index (κ3) is 4.91. The standard InChI is InChI=1S/C12H18N2O2/c13-11(12(15)16)7-4-8-14-9-10-5-2-1-3-6-10/h1-3,5-6,11,14H,4,7-9,13H2,(H,15,16)/t11-/m0/s1. The highest BCUT2D eigenvalue weighted by atomic mass is 16.4. The maximum absolute atomic E-state index is 10.4. The molecule has 16 heavy (non-hydrogen) atoms. The Kier molecular flexibility index (Phi) is 5.53. The molecule has 1 atom stereocenters. The van der Waals surface area contributed by atoms with E-state index in [9.17, 15) is 4.79 Å². The summed E-state index contributed by atoms with van der Waals surface area (Å²) in [6, 6.07) is 9.34. The third-order valence-corrected chi connectivity index (χ3v) is 2.36. The molecule has 4 heteroatoms. The van der Waals surface area contributed by atoms with Gasteiger partial charge in [0.2, 0.25) is 0 Å². The van der Waals surface area contributed by atoms with E-state index in [2.05, 4.69) is 17.4 Å². The second-order valence-electron chi connectivity index (χ2n) is 3.75. The summed E-state index contributed by atoms with van der Waals surface area (Å²) < 4.78 is 0. The molecule has 1 aromatic carbocycles. The fourth-order valence-electron chi connectivity index (χ4n) is 1.40. The molecule has 0 bridgehead atoms. The lowest BCUT2D eigenvalue weighted by Crippen LogP contribution is -2.30. The van der Waals surface area contributed by atoms with E-state index in [1.165, 1.54) is 5.56 Å². The Morgan fingerprint density at radius 1 is 1.38 bits per heavy atom. The van der Waals surface area contributed by atoms with Crippen LogP contribution in [0.2, 0.25) is 0 Å². The fraction of sp³-hybridized carbons (Fsp3) is 0.417. The summed E-state index contributed by atoms with van der Waals surface area (Å²) in [5.74, 6) is -0.928. The van der Waals surface area contributed by atoms with E-state index in [0.717, 1.165) is 19.5 Å². The topological polar surface area (TPSA) is 75.3 Å². The zero-order valence-corrected chi connectivity index (χ0v) is 9.23. The van der Waals surface area contributed by atoms with Gasteiger partial charge in [-0.05, 0) is 24.9 Å². The molecular formula is C12H18N2O2. The summed E-state index contributed by atoms with van der Waals surface area (Å²) in [6.45, 7) is 1.60. The van der Waals surface area contributed by atoms with Crippen LogP contribution in [0.25, 0.3) is 0 Å². The van der Waals surface area contributed by atoms with Gasteiger partial charge in [0.05, 0.1) is 0 Å². The molecule has 0 amide bonds. The quantitative estimate of drug-likeness (QED) is 0.601. The molecule has 0 aliphatic rings. The van der Waals surface area contributed by atoms with Crippen molar-refractivity contribution in [3.05, 3.63) is 35.9 Å². The Morgan fingerprint density at radius 2 is 2.06 bits per heavy atom. The first-order valence-electron chi connectivity index (χ1n) is 5.43. The SMILES string of the molecule is N[C@@H](CCCNCc1ccccc1)C(=O)O. The fourth-order valence-corrected chi connectivity index (χ4v) is 1.40. The van der Waals surface area contributed by atoms with Crippen molar-refractivity contribution in [2.24, 2.45) is 5.73 Å². The molecule has 1 rings (SSSR count). The second kappa shape index (κ2) is 6.98. The minimum atomic E-state index is -0.928. The van der Waals surface area contributed by atoms with E-state index < -0.39 is 12.0 Å². The lowest BCUT2D eigenvalue weighted by atomic mass is 10.1. The molecule has 0 radical (unpaired) electrons. The first kappa shape index (κ1) is 12.7. The molecule has 88 valence electrons. The Hall–Kier alpha value is -1.39. The van der Waals surface area contributed by atoms with Gasteiger partial charge in [0.15, 0.2) is 0 Å². The van der Waals surface area contributed by atoms with Crippen LogP contribution in [0, 0.1) is 0 Å². The summed E-state index contributed by atoms with van der Waals surface area (Å²) in [6.07, 6.45) is 1.29. The van der Waals surface area contributed by atoms with Crippen molar-refractivity contribution in [3.8, 4) is 0 Å². The summed E-state index contributed by atoms with van der Waals surface area (Å²) in [5.41, 5.74) is 6.61. The Labute approximate surface area is 95.5 Å². The third-order valence-electron chi connectivity index (χ3n) is 2.36. The van der Waals surface area contributed by atoms with Gasteiger partial charge in [0.25, 0.3) is 0 Å². The van der Waals surface area contributed by atoms with Gasteiger partial charge >= 0.3 is 5.97 Å². The van der Waals surface area contributed by atoms with Gasteiger partial charge in [-0.1, -0.05) is 30.3 Å². The first-order chi connectivity index (χ1) is 7.70. The smallest absolute Gasteiger partial charge is 0.320 e. The van der Waals surface area contributed by atoms with Crippen molar-refractivity contribution in [1.82, 2.24) is 5.32 Å². The van der Waals surface area contributed by atoms with Crippen molar-refractivity contribution in [3.63, 3.8) is 0 Å². The van der Waals surface area contributed by atoms with Crippen LogP contribution in [0.3, 0.4) is 0 Å². The minimum Gasteiger partial charge on any atom is -0.480 e. The zero-order valence-electron chi connectivity index (χ0n) is 9.23. The molecule has 0 aliphatic heterocycles. The lowest BCUT2D eigenvalue weighted by Gasteiger charge is -2.07. The average Bonchev–Trinajstić information content (AvgIpc) is 2.29. The average molecular weight is 222 g/mol. The van der Waals surface area contributed by atoms with Gasteiger partial charge in [-0.25, -0.2) is 0 Å². The van der Waals surface area contributed by atoms with E-state index in [4.69, 9.17) is 10.8 Å². The maximum Gasteiger partial charge on any atom is 0.320 e. The van der Waals surface area contributed by atoms with Crippen LogP contribution in [0.4, 0.5) is 0 Å². The van der Waals surface area contributed by atoms with Gasteiger partial charge in [0, 0.05) is 6.54 Å². The number of rotatable bonds is 7. The van der Waals surface area contributed by atoms with E-state index in [0.29, 0.717) is 6.42 Å². The summed E-state index contributed by atoms with van der Waals surface area (Å²) in [5, 5.41) is 11.8. The van der Waals surface area contributed by atoms with Crippen molar-refractivity contribution in [2.45, 2.75) is 25.4 Å². The van der Waals surface area contributed by atoms with Crippen molar-refractivity contribution < 1.29 is 9.90 Å². The number of carboxylic acid groups (broad SMARTS) is 1. The molecule has 0 aromatic heterocycles. The molecule has 0 aliphatic carbocycles. The van der Waals surface area contributed by atoms with Crippen LogP contribution in [0.5, 0.6) is 0 Å². The Morgan fingerprint density at radius 3 is 2.69 bits per heavy atom. The normalized spacial score (nSPS) is 12.3. The molecule has 4 nitrogen and oxygen atoms in total. The van der Waals surface area contributed by atoms with E-state index >= 15 is 0 Å². The Balaban J connectivity index is 2.07. The predicted molar refractivity (Wildman–Crippen MR) is 63.0 cm³/mol. The zero-order chi connectivity index (χ0) is 11.8. The van der Waals surface area contributed by atoms with Crippen LogP contribution in [-0.2, 0) is 11.3 Å². The number of carbonyl (C=O) groups is 1. The Bertz CT molecular complexity index is 314. The van der Waals surface area contributed by atoms with Crippen LogP contribution < -0.4 is 11.1 Å². The van der Waals surface area contributed by atoms with Gasteiger partial charge < -0.3 is 16.2 Å². The van der Waals surface area contributed by atoms with E-state index in [1.54, 1.807) is 0 Å². The minimum absolute atomic E-state index is 0.511. The van der Waals surface area contributed by atoms with Crippen molar-refractivity contribution >= 4 is 5.97 Å². The molecule has 4 N–H and O–H groups in total. The van der Waals surface area contributed by atoms with E-state index in [1.807, 2.05) is 18.2 Å². The molecule has 0 heterocycles. The molecular weight excluding hydrogens is 204 g/mol. The van der Waals surface area contributed by atoms with Crippen LogP contribution in [0.15, 0.2) is 30.3 Å². The lowest BCUT2D eigenvalue weighted by molar-refractivity contribution is -0.138. The maximum atomic E-state index is 10.4. The molecule has 0 fully saturated rings. The van der Waals surface area contributed by atoms with E-state index in [-0.39, 0.29) is 0 Å². The molecule has 1 aromatic rings. The summed E-state index contributed by atoms with van der Waals surface area (Å²) in [7, 11) is 0. The highest BCUT2D eigenvalue weighted by molar-refractivity contribution is 5.72. The number of nitrogens with one attached hydrogen (secondary N) is 1. The largest absolute Gasteiger partial charge is 0.480 e. The highest BCUT2D eigenvalue weighted by Crippen LogP contribution is 1.98. The number of aliphatic carboxylic acids is 1. The van der Waals surface area contributed by atoms with Crippen molar-refractivity contribution in [1.29, 1.82) is 0 Å². The monoisotopic (exact) mass is 222 g/mol. The predicted octanol–water partition coefficient (Wildman–Crippen LogP) is 0.968. The highest BCUT2D eigenvalue weighted by Gasteiger charge is 2.09. The number of benzene rings is 1. The molecule has 0 spiro atoms. The van der Waals surface area contributed by atoms with Gasteiger partial charge in [-0.3, -0.25) is 4.79 Å². The summed E-state index contributed by atoms with van der Waals surface area (Å²) in [4.78, 5) is 10.4. The first-order valence-corrected chi connectivity index (χ1v) is 5.43. The number of carboxylic acids is 1. The molecule has 0 unspecified atom stereocenters. The van der Waals surface area contributed by atoms with Gasteiger partial charge in [0.1, 0.15) is 6.04 Å². The second-order valence-corrected chi connectivity index (χ2v) is 3.75. The van der Waals surface area contributed by atoms with Crippen LogP contribution in [-0.4, -0.2) is 23.7 Å². The number of nitrogens with two attached hydrogens (primary N) is 1. The van der Waals surface area contributed by atoms with Gasteiger partial charge in [-0.15, -0.1) is 0 Å². The number of hydrogen-bond donors (Lipinski definition) is 3. The van der Waals surface area contributed by atoms with Crippen LogP contribution >= 0.6 is 0 Å².